The third-order valence-electron chi connectivity index (χ3n) is 3.04. The lowest BCUT2D eigenvalue weighted by molar-refractivity contribution is 0.157. The Kier molecular flexibility index (Phi) is 2.68. The molecule has 0 amide bonds. The molecule has 0 saturated carbocycles. The number of aromatic nitrogens is 3. The molecule has 1 saturated heterocycles. The van der Waals surface area contributed by atoms with Crippen LogP contribution in [-0.4, -0.2) is 33.8 Å². The zero-order chi connectivity index (χ0) is 11.7. The Bertz CT molecular complexity index is 516. The Morgan fingerprint density at radius 2 is 2.24 bits per heavy atom. The Morgan fingerprint density at radius 1 is 1.41 bits per heavy atom. The highest BCUT2D eigenvalue weighted by molar-refractivity contribution is 5.56. The van der Waals surface area contributed by atoms with Crippen molar-refractivity contribution in [3.05, 3.63) is 24.2 Å². The summed E-state index contributed by atoms with van der Waals surface area (Å²) in [6.45, 7) is 4.01. The van der Waals surface area contributed by atoms with Crippen LogP contribution in [0, 0.1) is 6.92 Å². The summed E-state index contributed by atoms with van der Waals surface area (Å²) in [4.78, 5) is 4.31. The number of fused-ring (bicyclic) bond motifs is 1. The quantitative estimate of drug-likeness (QED) is 0.844. The summed E-state index contributed by atoms with van der Waals surface area (Å²) in [6.07, 6.45) is 5.92. The SMILES string of the molecule is Cc1cc2c(OC3CCNCC3)nccn2n1. The number of nitrogens with one attached hydrogen (secondary N) is 1. The van der Waals surface area contributed by atoms with Gasteiger partial charge in [-0.2, -0.15) is 5.10 Å². The van der Waals surface area contributed by atoms with Gasteiger partial charge in [0.05, 0.1) is 5.69 Å². The van der Waals surface area contributed by atoms with Crippen LogP contribution in [0.5, 0.6) is 5.88 Å². The average molecular weight is 232 g/mol. The second-order valence-electron chi connectivity index (χ2n) is 4.42. The molecule has 17 heavy (non-hydrogen) atoms. The number of aryl methyl sites for hydroxylation is 1. The van der Waals surface area contributed by atoms with Gasteiger partial charge in [0.25, 0.3) is 0 Å². The number of rotatable bonds is 2. The number of hydrogen-bond donors (Lipinski definition) is 1. The summed E-state index contributed by atoms with van der Waals surface area (Å²) >= 11 is 0. The summed E-state index contributed by atoms with van der Waals surface area (Å²) < 4.78 is 7.79. The van der Waals surface area contributed by atoms with Gasteiger partial charge in [-0.25, -0.2) is 9.50 Å². The maximum absolute atomic E-state index is 5.97. The van der Waals surface area contributed by atoms with Crippen molar-refractivity contribution in [2.75, 3.05) is 13.1 Å². The molecule has 0 aliphatic carbocycles. The van der Waals surface area contributed by atoms with E-state index in [1.165, 1.54) is 0 Å². The molecule has 5 heteroatoms. The summed E-state index contributed by atoms with van der Waals surface area (Å²) in [5, 5.41) is 7.68. The van der Waals surface area contributed by atoms with E-state index in [0.29, 0.717) is 5.88 Å². The van der Waals surface area contributed by atoms with Crippen molar-refractivity contribution in [1.82, 2.24) is 19.9 Å². The summed E-state index contributed by atoms with van der Waals surface area (Å²) in [5.74, 6) is 0.694. The smallest absolute Gasteiger partial charge is 0.240 e. The summed E-state index contributed by atoms with van der Waals surface area (Å²) in [7, 11) is 0. The van der Waals surface area contributed by atoms with Crippen molar-refractivity contribution in [2.24, 2.45) is 0 Å². The molecule has 0 aromatic carbocycles. The molecule has 0 unspecified atom stereocenters. The fourth-order valence-corrected chi connectivity index (χ4v) is 2.18. The van der Waals surface area contributed by atoms with E-state index in [1.807, 2.05) is 23.7 Å². The lowest BCUT2D eigenvalue weighted by atomic mass is 10.1. The first-order valence-electron chi connectivity index (χ1n) is 6.01. The zero-order valence-corrected chi connectivity index (χ0v) is 9.89. The van der Waals surface area contributed by atoms with Crippen molar-refractivity contribution in [1.29, 1.82) is 0 Å². The van der Waals surface area contributed by atoms with Crippen LogP contribution in [0.4, 0.5) is 0 Å². The van der Waals surface area contributed by atoms with Crippen LogP contribution in [0.25, 0.3) is 5.52 Å². The average Bonchev–Trinajstić information content (AvgIpc) is 2.72. The fraction of sp³-hybridized carbons (Fsp3) is 0.500. The van der Waals surface area contributed by atoms with Gasteiger partial charge in [0, 0.05) is 12.4 Å². The zero-order valence-electron chi connectivity index (χ0n) is 9.89. The minimum absolute atomic E-state index is 0.269. The van der Waals surface area contributed by atoms with Gasteiger partial charge in [0.15, 0.2) is 0 Å². The van der Waals surface area contributed by atoms with Gasteiger partial charge in [-0.3, -0.25) is 0 Å². The van der Waals surface area contributed by atoms with Gasteiger partial charge in [-0.05, 0) is 38.9 Å². The highest BCUT2D eigenvalue weighted by Crippen LogP contribution is 2.20. The predicted molar refractivity (Wildman–Crippen MR) is 64.2 cm³/mol. The predicted octanol–water partition coefficient (Wildman–Crippen LogP) is 1.17. The maximum Gasteiger partial charge on any atom is 0.240 e. The molecule has 3 heterocycles. The molecule has 1 N–H and O–H groups in total. The number of nitrogens with zero attached hydrogens (tertiary/aromatic N) is 3. The molecule has 90 valence electrons. The minimum atomic E-state index is 0.269. The number of hydrogen-bond acceptors (Lipinski definition) is 4. The first-order valence-corrected chi connectivity index (χ1v) is 6.01. The first kappa shape index (κ1) is 10.5. The van der Waals surface area contributed by atoms with Gasteiger partial charge in [-0.1, -0.05) is 0 Å². The molecular weight excluding hydrogens is 216 g/mol. The molecular formula is C12H16N4O. The van der Waals surface area contributed by atoms with E-state index in [2.05, 4.69) is 15.4 Å². The fourth-order valence-electron chi connectivity index (χ4n) is 2.18. The van der Waals surface area contributed by atoms with Crippen LogP contribution in [0.3, 0.4) is 0 Å². The Hall–Kier alpha value is -1.62. The molecule has 0 radical (unpaired) electrons. The molecule has 3 rings (SSSR count). The third-order valence-corrected chi connectivity index (χ3v) is 3.04. The van der Waals surface area contributed by atoms with E-state index >= 15 is 0 Å². The van der Waals surface area contributed by atoms with E-state index < -0.39 is 0 Å². The number of piperidine rings is 1. The van der Waals surface area contributed by atoms with Gasteiger partial charge in [0.2, 0.25) is 5.88 Å². The summed E-state index contributed by atoms with van der Waals surface area (Å²) in [5.41, 5.74) is 1.93. The first-order chi connectivity index (χ1) is 8.33. The topological polar surface area (TPSA) is 51.5 Å². The Morgan fingerprint density at radius 3 is 3.06 bits per heavy atom. The van der Waals surface area contributed by atoms with Crippen LogP contribution in [0.15, 0.2) is 18.5 Å². The van der Waals surface area contributed by atoms with E-state index in [9.17, 15) is 0 Å². The summed E-state index contributed by atoms with van der Waals surface area (Å²) in [6, 6.07) is 2.00. The second-order valence-corrected chi connectivity index (χ2v) is 4.42. The Balaban J connectivity index is 1.88. The van der Waals surface area contributed by atoms with Crippen molar-refractivity contribution in [2.45, 2.75) is 25.9 Å². The van der Waals surface area contributed by atoms with Crippen LogP contribution in [0.2, 0.25) is 0 Å². The third kappa shape index (κ3) is 2.10. The van der Waals surface area contributed by atoms with Crippen LogP contribution in [0.1, 0.15) is 18.5 Å². The van der Waals surface area contributed by atoms with Gasteiger partial charge < -0.3 is 10.1 Å². The molecule has 0 bridgehead atoms. The van der Waals surface area contributed by atoms with Crippen molar-refractivity contribution in [3.8, 4) is 5.88 Å². The lowest BCUT2D eigenvalue weighted by Gasteiger charge is -2.23. The Labute approximate surface area is 99.8 Å². The maximum atomic E-state index is 5.97. The van der Waals surface area contributed by atoms with Crippen LogP contribution in [-0.2, 0) is 0 Å². The molecule has 0 atom stereocenters. The monoisotopic (exact) mass is 232 g/mol. The number of ether oxygens (including phenoxy) is 1. The van der Waals surface area contributed by atoms with Gasteiger partial charge >= 0.3 is 0 Å². The molecule has 1 aliphatic heterocycles. The van der Waals surface area contributed by atoms with E-state index in [4.69, 9.17) is 4.74 Å². The minimum Gasteiger partial charge on any atom is -0.473 e. The highest BCUT2D eigenvalue weighted by atomic mass is 16.5. The van der Waals surface area contributed by atoms with Crippen molar-refractivity contribution < 1.29 is 4.74 Å². The van der Waals surface area contributed by atoms with Crippen molar-refractivity contribution in [3.63, 3.8) is 0 Å². The normalized spacial score (nSPS) is 17.5. The van der Waals surface area contributed by atoms with E-state index in [1.54, 1.807) is 6.20 Å². The molecule has 2 aromatic heterocycles. The molecule has 0 spiro atoms. The molecule has 1 fully saturated rings. The highest BCUT2D eigenvalue weighted by Gasteiger charge is 2.16. The molecule has 1 aliphatic rings. The van der Waals surface area contributed by atoms with Gasteiger partial charge in [-0.15, -0.1) is 0 Å². The van der Waals surface area contributed by atoms with Crippen molar-refractivity contribution >= 4 is 5.52 Å². The second kappa shape index (κ2) is 4.33. The van der Waals surface area contributed by atoms with E-state index in [0.717, 1.165) is 37.1 Å². The lowest BCUT2D eigenvalue weighted by Crippen LogP contribution is -2.34. The van der Waals surface area contributed by atoms with E-state index in [-0.39, 0.29) is 6.10 Å². The van der Waals surface area contributed by atoms with Gasteiger partial charge in [0.1, 0.15) is 11.6 Å². The van der Waals surface area contributed by atoms with Crippen LogP contribution < -0.4 is 10.1 Å². The molecule has 2 aromatic rings. The largest absolute Gasteiger partial charge is 0.473 e. The standard InChI is InChI=1S/C12H16N4O/c1-9-8-11-12(14-6-7-16(11)15-9)17-10-2-4-13-5-3-10/h6-8,10,13H,2-5H2,1H3. The molecule has 5 nitrogen and oxygen atoms in total. The van der Waals surface area contributed by atoms with Crippen LogP contribution >= 0.6 is 0 Å².